The van der Waals surface area contributed by atoms with Gasteiger partial charge < -0.3 is 14.8 Å². The predicted molar refractivity (Wildman–Crippen MR) is 71.4 cm³/mol. The first-order valence-corrected chi connectivity index (χ1v) is 7.06. The van der Waals surface area contributed by atoms with Gasteiger partial charge in [0, 0.05) is 26.4 Å². The van der Waals surface area contributed by atoms with Gasteiger partial charge in [-0.1, -0.05) is 6.92 Å². The van der Waals surface area contributed by atoms with Crippen LogP contribution in [0.15, 0.2) is 0 Å². The summed E-state index contributed by atoms with van der Waals surface area (Å²) in [6.45, 7) is 7.39. The van der Waals surface area contributed by atoms with E-state index in [1.165, 1.54) is 19.3 Å². The minimum atomic E-state index is 0.103. The molecule has 1 saturated heterocycles. The molecular formula is C14H29NO2. The van der Waals surface area contributed by atoms with E-state index < -0.39 is 0 Å². The van der Waals surface area contributed by atoms with Gasteiger partial charge in [-0.3, -0.25) is 0 Å². The van der Waals surface area contributed by atoms with Gasteiger partial charge in [-0.2, -0.15) is 0 Å². The molecule has 2 unspecified atom stereocenters. The third-order valence-corrected chi connectivity index (χ3v) is 3.80. The number of ether oxygens (including phenoxy) is 2. The molecule has 1 N–H and O–H groups in total. The lowest BCUT2D eigenvalue weighted by molar-refractivity contribution is -0.0778. The maximum absolute atomic E-state index is 5.85. The standard InChI is InChI=1S/C14H29NO2/c1-4-14(2)12-13(8-11-17-14)15-9-6-5-7-10-16-3/h13,15H,4-12H2,1-3H3. The molecule has 0 aromatic carbocycles. The summed E-state index contributed by atoms with van der Waals surface area (Å²) in [7, 11) is 1.77. The van der Waals surface area contributed by atoms with Crippen LogP contribution in [0.3, 0.4) is 0 Å². The van der Waals surface area contributed by atoms with Crippen molar-refractivity contribution in [3.8, 4) is 0 Å². The molecule has 17 heavy (non-hydrogen) atoms. The van der Waals surface area contributed by atoms with Crippen LogP contribution in [0.1, 0.15) is 52.4 Å². The van der Waals surface area contributed by atoms with Crippen LogP contribution in [0.2, 0.25) is 0 Å². The fourth-order valence-electron chi connectivity index (χ4n) is 2.40. The molecule has 0 aliphatic carbocycles. The van der Waals surface area contributed by atoms with Gasteiger partial charge >= 0.3 is 0 Å². The van der Waals surface area contributed by atoms with Crippen molar-refractivity contribution in [1.82, 2.24) is 5.32 Å². The zero-order chi connectivity index (χ0) is 12.6. The Morgan fingerprint density at radius 1 is 1.35 bits per heavy atom. The third kappa shape index (κ3) is 5.84. The van der Waals surface area contributed by atoms with Crippen LogP contribution in [0, 0.1) is 0 Å². The van der Waals surface area contributed by atoms with Crippen molar-refractivity contribution in [2.75, 3.05) is 26.9 Å². The Labute approximate surface area is 106 Å². The summed E-state index contributed by atoms with van der Waals surface area (Å²) in [5, 5.41) is 3.67. The average Bonchev–Trinajstić information content (AvgIpc) is 2.34. The molecule has 3 heteroatoms. The molecule has 0 radical (unpaired) electrons. The molecule has 102 valence electrons. The van der Waals surface area contributed by atoms with E-state index in [0.717, 1.165) is 39.0 Å². The second-order valence-corrected chi connectivity index (χ2v) is 5.35. The monoisotopic (exact) mass is 243 g/mol. The summed E-state index contributed by atoms with van der Waals surface area (Å²) in [6, 6.07) is 0.649. The lowest BCUT2D eigenvalue weighted by Crippen LogP contribution is -2.45. The largest absolute Gasteiger partial charge is 0.385 e. The van der Waals surface area contributed by atoms with Gasteiger partial charge in [-0.15, -0.1) is 0 Å². The normalized spacial score (nSPS) is 29.5. The van der Waals surface area contributed by atoms with Gasteiger partial charge in [0.2, 0.25) is 0 Å². The highest BCUT2D eigenvalue weighted by molar-refractivity contribution is 4.85. The first kappa shape index (κ1) is 14.9. The van der Waals surface area contributed by atoms with Gasteiger partial charge in [-0.05, 0) is 52.0 Å². The lowest BCUT2D eigenvalue weighted by atomic mass is 9.90. The zero-order valence-corrected chi connectivity index (χ0v) is 11.8. The topological polar surface area (TPSA) is 30.5 Å². The average molecular weight is 243 g/mol. The highest BCUT2D eigenvalue weighted by Gasteiger charge is 2.30. The van der Waals surface area contributed by atoms with E-state index >= 15 is 0 Å². The number of nitrogens with one attached hydrogen (secondary N) is 1. The van der Waals surface area contributed by atoms with E-state index in [9.17, 15) is 0 Å². The zero-order valence-electron chi connectivity index (χ0n) is 11.8. The van der Waals surface area contributed by atoms with Gasteiger partial charge in [0.25, 0.3) is 0 Å². The summed E-state index contributed by atoms with van der Waals surface area (Å²) in [4.78, 5) is 0. The summed E-state index contributed by atoms with van der Waals surface area (Å²) in [5.74, 6) is 0. The Balaban J connectivity index is 2.06. The van der Waals surface area contributed by atoms with Crippen LogP contribution >= 0.6 is 0 Å². The van der Waals surface area contributed by atoms with E-state index in [2.05, 4.69) is 19.2 Å². The molecule has 3 nitrogen and oxygen atoms in total. The minimum Gasteiger partial charge on any atom is -0.385 e. The fourth-order valence-corrected chi connectivity index (χ4v) is 2.40. The second kappa shape index (κ2) is 8.06. The Morgan fingerprint density at radius 2 is 2.18 bits per heavy atom. The Kier molecular flexibility index (Phi) is 7.09. The molecule has 1 aliphatic rings. The lowest BCUT2D eigenvalue weighted by Gasteiger charge is -2.38. The molecule has 1 aliphatic heterocycles. The Bertz CT molecular complexity index is 199. The van der Waals surface area contributed by atoms with E-state index in [1.54, 1.807) is 7.11 Å². The molecule has 0 bridgehead atoms. The molecule has 1 fully saturated rings. The smallest absolute Gasteiger partial charge is 0.0666 e. The molecule has 2 atom stereocenters. The van der Waals surface area contributed by atoms with Crippen molar-refractivity contribution in [2.45, 2.75) is 64.0 Å². The van der Waals surface area contributed by atoms with Crippen molar-refractivity contribution in [2.24, 2.45) is 0 Å². The van der Waals surface area contributed by atoms with E-state index in [1.807, 2.05) is 0 Å². The maximum Gasteiger partial charge on any atom is 0.0666 e. The third-order valence-electron chi connectivity index (χ3n) is 3.80. The first-order chi connectivity index (χ1) is 8.20. The molecule has 0 aromatic heterocycles. The summed E-state index contributed by atoms with van der Waals surface area (Å²) >= 11 is 0. The van der Waals surface area contributed by atoms with Gasteiger partial charge in [0.05, 0.1) is 5.60 Å². The van der Waals surface area contributed by atoms with Crippen LogP contribution < -0.4 is 5.32 Å². The van der Waals surface area contributed by atoms with Crippen molar-refractivity contribution in [1.29, 1.82) is 0 Å². The highest BCUT2D eigenvalue weighted by atomic mass is 16.5. The Morgan fingerprint density at radius 3 is 2.88 bits per heavy atom. The summed E-state index contributed by atoms with van der Waals surface area (Å²) in [6.07, 6.45) is 7.12. The SMILES string of the molecule is CCC1(C)CC(NCCCCCOC)CCO1. The molecule has 0 aromatic rings. The van der Waals surface area contributed by atoms with Crippen molar-refractivity contribution < 1.29 is 9.47 Å². The van der Waals surface area contributed by atoms with Crippen LogP contribution in [0.4, 0.5) is 0 Å². The maximum atomic E-state index is 5.85. The molecule has 1 heterocycles. The minimum absolute atomic E-state index is 0.103. The molecule has 0 saturated carbocycles. The second-order valence-electron chi connectivity index (χ2n) is 5.35. The quantitative estimate of drug-likeness (QED) is 0.665. The number of hydrogen-bond acceptors (Lipinski definition) is 3. The van der Waals surface area contributed by atoms with Gasteiger partial charge in [0.15, 0.2) is 0 Å². The molecule has 0 amide bonds. The number of unbranched alkanes of at least 4 members (excludes halogenated alkanes) is 2. The van der Waals surface area contributed by atoms with Crippen LogP contribution in [0.5, 0.6) is 0 Å². The van der Waals surface area contributed by atoms with E-state index in [0.29, 0.717) is 6.04 Å². The van der Waals surface area contributed by atoms with Crippen LogP contribution in [-0.4, -0.2) is 38.5 Å². The number of rotatable bonds is 8. The van der Waals surface area contributed by atoms with Gasteiger partial charge in [-0.25, -0.2) is 0 Å². The molecule has 0 spiro atoms. The van der Waals surface area contributed by atoms with Gasteiger partial charge in [0.1, 0.15) is 0 Å². The van der Waals surface area contributed by atoms with Crippen molar-refractivity contribution in [3.63, 3.8) is 0 Å². The van der Waals surface area contributed by atoms with Crippen molar-refractivity contribution >= 4 is 0 Å². The molecular weight excluding hydrogens is 214 g/mol. The summed E-state index contributed by atoms with van der Waals surface area (Å²) in [5.41, 5.74) is 0.103. The number of methoxy groups -OCH3 is 1. The fraction of sp³-hybridized carbons (Fsp3) is 1.00. The summed E-state index contributed by atoms with van der Waals surface area (Å²) < 4.78 is 10.9. The Hall–Kier alpha value is -0.120. The van der Waals surface area contributed by atoms with E-state index in [-0.39, 0.29) is 5.60 Å². The van der Waals surface area contributed by atoms with Crippen LogP contribution in [-0.2, 0) is 9.47 Å². The van der Waals surface area contributed by atoms with E-state index in [4.69, 9.17) is 9.47 Å². The predicted octanol–water partition coefficient (Wildman–Crippen LogP) is 2.74. The highest BCUT2D eigenvalue weighted by Crippen LogP contribution is 2.27. The van der Waals surface area contributed by atoms with Crippen molar-refractivity contribution in [3.05, 3.63) is 0 Å². The number of hydrogen-bond donors (Lipinski definition) is 1. The molecule has 1 rings (SSSR count). The first-order valence-electron chi connectivity index (χ1n) is 7.06. The van der Waals surface area contributed by atoms with Crippen LogP contribution in [0.25, 0.3) is 0 Å².